The topological polar surface area (TPSA) is 101 Å². The van der Waals surface area contributed by atoms with Crippen LogP contribution >= 0.6 is 0 Å². The van der Waals surface area contributed by atoms with E-state index in [0.29, 0.717) is 22.1 Å². The van der Waals surface area contributed by atoms with Gasteiger partial charge in [-0.3, -0.25) is 10.0 Å². The summed E-state index contributed by atoms with van der Waals surface area (Å²) in [7, 11) is -2.23. The van der Waals surface area contributed by atoms with Crippen LogP contribution in [0.25, 0.3) is 22.6 Å². The van der Waals surface area contributed by atoms with E-state index in [4.69, 9.17) is 4.42 Å². The van der Waals surface area contributed by atoms with Crippen LogP contribution in [-0.4, -0.2) is 42.9 Å². The molecule has 0 bridgehead atoms. The number of carbonyl (C=O) groups is 1. The van der Waals surface area contributed by atoms with Gasteiger partial charge in [-0.25, -0.2) is 18.5 Å². The molecule has 1 N–H and O–H groups in total. The van der Waals surface area contributed by atoms with Crippen molar-refractivity contribution in [2.75, 3.05) is 13.3 Å². The molecular formula is C20H20N2O5S. The van der Waals surface area contributed by atoms with E-state index in [1.807, 2.05) is 30.3 Å². The molecule has 7 nitrogen and oxygen atoms in total. The van der Waals surface area contributed by atoms with Crippen molar-refractivity contribution >= 4 is 15.7 Å². The highest BCUT2D eigenvalue weighted by Crippen LogP contribution is 2.36. The number of aryl methyl sites for hydroxylation is 1. The number of hydrogen-bond donors (Lipinski definition) is 1. The predicted octanol–water partition coefficient (Wildman–Crippen LogP) is 3.19. The third kappa shape index (κ3) is 4.29. The maximum atomic E-state index is 12.2. The van der Waals surface area contributed by atoms with Crippen molar-refractivity contribution in [3.8, 4) is 22.6 Å². The zero-order chi connectivity index (χ0) is 20.3. The second kappa shape index (κ2) is 7.95. The Kier molecular flexibility index (Phi) is 5.62. The maximum Gasteiger partial charge on any atom is 0.246 e. The minimum absolute atomic E-state index is 0.00884. The summed E-state index contributed by atoms with van der Waals surface area (Å²) in [5.41, 5.74) is 1.57. The zero-order valence-electron chi connectivity index (χ0n) is 15.5. The summed E-state index contributed by atoms with van der Waals surface area (Å²) in [5, 5.41) is 9.72. The number of nitrogens with zero attached hydrogens (tertiary/aromatic N) is 2. The number of rotatable bonds is 6. The summed E-state index contributed by atoms with van der Waals surface area (Å²) >= 11 is 0. The first-order valence-electron chi connectivity index (χ1n) is 8.57. The van der Waals surface area contributed by atoms with E-state index in [9.17, 15) is 18.4 Å². The lowest BCUT2D eigenvalue weighted by Crippen LogP contribution is -2.22. The van der Waals surface area contributed by atoms with E-state index in [1.54, 1.807) is 18.2 Å². The number of sulfone groups is 1. The lowest BCUT2D eigenvalue weighted by Gasteiger charge is -2.07. The first-order chi connectivity index (χ1) is 13.3. The summed E-state index contributed by atoms with van der Waals surface area (Å²) in [4.78, 5) is 16.3. The van der Waals surface area contributed by atoms with Crippen molar-refractivity contribution in [3.63, 3.8) is 0 Å². The Morgan fingerprint density at radius 2 is 1.75 bits per heavy atom. The normalized spacial score (nSPS) is 11.4. The predicted molar refractivity (Wildman–Crippen MR) is 103 cm³/mol. The molecule has 1 amide bonds. The number of amides is 1. The van der Waals surface area contributed by atoms with Gasteiger partial charge < -0.3 is 4.42 Å². The van der Waals surface area contributed by atoms with Crippen LogP contribution in [0.3, 0.4) is 0 Å². The molecule has 3 aromatic rings. The van der Waals surface area contributed by atoms with Crippen molar-refractivity contribution in [1.82, 2.24) is 10.0 Å². The van der Waals surface area contributed by atoms with E-state index >= 15 is 0 Å². The fraction of sp³-hybridized carbons (Fsp3) is 0.200. The van der Waals surface area contributed by atoms with Crippen LogP contribution in [-0.2, 0) is 21.1 Å². The monoisotopic (exact) mass is 400 g/mol. The SMILES string of the molecule is CN(O)C(=O)CCc1nc(-c2ccccc2S(C)(=O)=O)c(-c2ccccc2)o1. The Balaban J connectivity index is 2.11. The van der Waals surface area contributed by atoms with Gasteiger partial charge in [0.25, 0.3) is 0 Å². The Morgan fingerprint density at radius 1 is 1.11 bits per heavy atom. The first kappa shape index (κ1) is 19.8. The van der Waals surface area contributed by atoms with Crippen molar-refractivity contribution < 1.29 is 22.8 Å². The maximum absolute atomic E-state index is 12.2. The van der Waals surface area contributed by atoms with E-state index < -0.39 is 15.7 Å². The molecule has 0 atom stereocenters. The first-order valence-corrected chi connectivity index (χ1v) is 10.5. The second-order valence-corrected chi connectivity index (χ2v) is 8.32. The largest absolute Gasteiger partial charge is 0.440 e. The number of carbonyl (C=O) groups excluding carboxylic acids is 1. The summed E-state index contributed by atoms with van der Waals surface area (Å²) in [6.45, 7) is 0. The molecule has 146 valence electrons. The molecule has 3 rings (SSSR count). The van der Waals surface area contributed by atoms with Gasteiger partial charge in [-0.2, -0.15) is 0 Å². The summed E-state index contributed by atoms with van der Waals surface area (Å²) in [6.07, 6.45) is 1.32. The smallest absolute Gasteiger partial charge is 0.246 e. The number of benzene rings is 2. The molecule has 0 spiro atoms. The van der Waals surface area contributed by atoms with Crippen LogP contribution < -0.4 is 0 Å². The Labute approximate surface area is 163 Å². The lowest BCUT2D eigenvalue weighted by atomic mass is 10.1. The minimum atomic E-state index is -3.48. The molecule has 1 heterocycles. The van der Waals surface area contributed by atoms with Gasteiger partial charge in [0.05, 0.1) is 4.90 Å². The number of hydrogen-bond acceptors (Lipinski definition) is 6. The lowest BCUT2D eigenvalue weighted by molar-refractivity contribution is -0.159. The van der Waals surface area contributed by atoms with Gasteiger partial charge in [0, 0.05) is 37.3 Å². The molecule has 0 unspecified atom stereocenters. The molecule has 0 radical (unpaired) electrons. The molecule has 0 aliphatic heterocycles. The van der Waals surface area contributed by atoms with Crippen molar-refractivity contribution in [2.24, 2.45) is 0 Å². The quantitative estimate of drug-likeness (QED) is 0.504. The van der Waals surface area contributed by atoms with E-state index in [0.717, 1.165) is 11.8 Å². The molecule has 8 heteroatoms. The molecule has 0 aliphatic carbocycles. The highest BCUT2D eigenvalue weighted by atomic mass is 32.2. The highest BCUT2D eigenvalue weighted by molar-refractivity contribution is 7.90. The van der Waals surface area contributed by atoms with E-state index in [-0.39, 0.29) is 23.6 Å². The second-order valence-electron chi connectivity index (χ2n) is 6.34. The van der Waals surface area contributed by atoms with Gasteiger partial charge in [0.15, 0.2) is 21.5 Å². The van der Waals surface area contributed by atoms with Gasteiger partial charge in [-0.15, -0.1) is 0 Å². The van der Waals surface area contributed by atoms with Crippen molar-refractivity contribution in [2.45, 2.75) is 17.7 Å². The standard InChI is InChI=1S/C20H20N2O5S/c1-22(24)18(23)13-12-17-21-19(20(27-17)14-8-4-3-5-9-14)15-10-6-7-11-16(15)28(2,25)26/h3-11,24H,12-13H2,1-2H3. The van der Waals surface area contributed by atoms with Gasteiger partial charge in [0.2, 0.25) is 5.91 Å². The van der Waals surface area contributed by atoms with Crippen molar-refractivity contribution in [3.05, 3.63) is 60.5 Å². The van der Waals surface area contributed by atoms with Gasteiger partial charge >= 0.3 is 0 Å². The third-order valence-electron chi connectivity index (χ3n) is 4.16. The molecular weight excluding hydrogens is 380 g/mol. The average molecular weight is 400 g/mol. The summed E-state index contributed by atoms with van der Waals surface area (Å²) < 4.78 is 30.4. The highest BCUT2D eigenvalue weighted by Gasteiger charge is 2.23. The van der Waals surface area contributed by atoms with E-state index in [2.05, 4.69) is 4.98 Å². The van der Waals surface area contributed by atoms with Gasteiger partial charge in [-0.05, 0) is 6.07 Å². The van der Waals surface area contributed by atoms with Crippen LogP contribution in [0, 0.1) is 0 Å². The van der Waals surface area contributed by atoms with Crippen LogP contribution in [0.4, 0.5) is 0 Å². The number of hydroxylamine groups is 2. The number of oxazole rings is 1. The Hall–Kier alpha value is -2.97. The summed E-state index contributed by atoms with van der Waals surface area (Å²) in [5.74, 6) is 0.237. The zero-order valence-corrected chi connectivity index (χ0v) is 16.3. The minimum Gasteiger partial charge on any atom is -0.440 e. The third-order valence-corrected chi connectivity index (χ3v) is 5.32. The molecule has 0 saturated heterocycles. The molecule has 28 heavy (non-hydrogen) atoms. The molecule has 1 aromatic heterocycles. The van der Waals surface area contributed by atoms with E-state index in [1.165, 1.54) is 13.1 Å². The average Bonchev–Trinajstić information content (AvgIpc) is 3.10. The molecule has 0 fully saturated rings. The fourth-order valence-electron chi connectivity index (χ4n) is 2.80. The Morgan fingerprint density at radius 3 is 2.39 bits per heavy atom. The molecule has 0 aliphatic rings. The molecule has 2 aromatic carbocycles. The van der Waals surface area contributed by atoms with Crippen LogP contribution in [0.15, 0.2) is 63.9 Å². The molecule has 0 saturated carbocycles. The fourth-order valence-corrected chi connectivity index (χ4v) is 3.69. The summed E-state index contributed by atoms with van der Waals surface area (Å²) in [6, 6.07) is 15.8. The van der Waals surface area contributed by atoms with Crippen LogP contribution in [0.2, 0.25) is 0 Å². The van der Waals surface area contributed by atoms with Gasteiger partial charge in [0.1, 0.15) is 5.69 Å². The van der Waals surface area contributed by atoms with Crippen LogP contribution in [0.5, 0.6) is 0 Å². The van der Waals surface area contributed by atoms with Crippen LogP contribution in [0.1, 0.15) is 12.3 Å². The van der Waals surface area contributed by atoms with Gasteiger partial charge in [-0.1, -0.05) is 48.5 Å². The number of aromatic nitrogens is 1. The Bertz CT molecular complexity index is 1090. The van der Waals surface area contributed by atoms with Crippen molar-refractivity contribution in [1.29, 1.82) is 0 Å².